The van der Waals surface area contributed by atoms with E-state index in [1.165, 1.54) is 51.5 Å². The van der Waals surface area contributed by atoms with E-state index in [0.717, 1.165) is 29.8 Å². The zero-order chi connectivity index (χ0) is 11.9. The van der Waals surface area contributed by atoms with Crippen molar-refractivity contribution in [2.45, 2.75) is 57.0 Å². The highest BCUT2D eigenvalue weighted by atomic mass is 15.2. The first kappa shape index (κ1) is 11.3. The van der Waals surface area contributed by atoms with Gasteiger partial charge in [-0.15, -0.1) is 0 Å². The molecule has 0 N–H and O–H groups in total. The van der Waals surface area contributed by atoms with E-state index in [1.54, 1.807) is 0 Å². The Labute approximate surface area is 111 Å². The summed E-state index contributed by atoms with van der Waals surface area (Å²) in [5.41, 5.74) is 0. The largest absolute Gasteiger partial charge is 0.297 e. The highest BCUT2D eigenvalue weighted by molar-refractivity contribution is 5.20. The van der Waals surface area contributed by atoms with Crippen LogP contribution in [0.15, 0.2) is 24.3 Å². The smallest absolute Gasteiger partial charge is 0.0195 e. The average Bonchev–Trinajstić information content (AvgIpc) is 2.94. The Balaban J connectivity index is 1.65. The summed E-state index contributed by atoms with van der Waals surface area (Å²) in [4.78, 5) is 2.93. The normalized spacial score (nSPS) is 47.2. The molecule has 0 spiro atoms. The third-order valence-electron chi connectivity index (χ3n) is 5.92. The molecule has 0 bridgehead atoms. The van der Waals surface area contributed by atoms with Crippen LogP contribution in [0.25, 0.3) is 0 Å². The molecule has 1 saturated carbocycles. The van der Waals surface area contributed by atoms with E-state index in [1.807, 2.05) is 0 Å². The Bertz CT molecular complexity index is 370. The molecule has 2 aliphatic heterocycles. The van der Waals surface area contributed by atoms with Gasteiger partial charge >= 0.3 is 0 Å². The minimum Gasteiger partial charge on any atom is -0.297 e. The standard InChI is InChI=1S/C17H25N/c1-3-8-15-9-5-11-18(15)17-14(7-1)12-13-6-2-4-10-16(13)17/h2,4,6,10,13-17H,1,3,5,7-9,11-12H2. The molecule has 0 aromatic heterocycles. The van der Waals surface area contributed by atoms with Crippen LogP contribution in [0.5, 0.6) is 0 Å². The van der Waals surface area contributed by atoms with Crippen LogP contribution in [-0.4, -0.2) is 23.5 Å². The van der Waals surface area contributed by atoms with Crippen molar-refractivity contribution >= 4 is 0 Å². The highest BCUT2D eigenvalue weighted by Gasteiger charge is 2.47. The molecule has 2 saturated heterocycles. The van der Waals surface area contributed by atoms with Gasteiger partial charge in [0.15, 0.2) is 0 Å². The number of allylic oxidation sites excluding steroid dienone is 3. The third kappa shape index (κ3) is 1.71. The van der Waals surface area contributed by atoms with Crippen molar-refractivity contribution in [1.82, 2.24) is 4.90 Å². The predicted molar refractivity (Wildman–Crippen MR) is 75.4 cm³/mol. The molecular formula is C17H25N. The van der Waals surface area contributed by atoms with Crippen molar-refractivity contribution in [3.8, 4) is 0 Å². The van der Waals surface area contributed by atoms with Gasteiger partial charge in [0.1, 0.15) is 0 Å². The minimum absolute atomic E-state index is 0.832. The first-order valence-electron chi connectivity index (χ1n) is 8.04. The second kappa shape index (κ2) is 4.52. The molecular weight excluding hydrogens is 218 g/mol. The molecule has 1 heteroatoms. The van der Waals surface area contributed by atoms with Crippen LogP contribution < -0.4 is 0 Å². The lowest BCUT2D eigenvalue weighted by molar-refractivity contribution is 0.0997. The molecule has 2 aliphatic carbocycles. The summed E-state index contributed by atoms with van der Waals surface area (Å²) >= 11 is 0. The topological polar surface area (TPSA) is 3.24 Å². The Morgan fingerprint density at radius 1 is 0.889 bits per heavy atom. The summed E-state index contributed by atoms with van der Waals surface area (Å²) in [6.07, 6.45) is 19.9. The second-order valence-corrected chi connectivity index (χ2v) is 6.82. The second-order valence-electron chi connectivity index (χ2n) is 6.82. The van der Waals surface area contributed by atoms with Crippen molar-refractivity contribution in [3.05, 3.63) is 24.3 Å². The van der Waals surface area contributed by atoms with Gasteiger partial charge in [0.25, 0.3) is 0 Å². The van der Waals surface area contributed by atoms with Crippen molar-refractivity contribution in [2.24, 2.45) is 17.8 Å². The lowest BCUT2D eigenvalue weighted by Crippen LogP contribution is -2.45. The van der Waals surface area contributed by atoms with E-state index in [9.17, 15) is 0 Å². The van der Waals surface area contributed by atoms with Crippen LogP contribution in [0, 0.1) is 17.8 Å². The third-order valence-corrected chi connectivity index (χ3v) is 5.92. The van der Waals surface area contributed by atoms with Crippen molar-refractivity contribution in [1.29, 1.82) is 0 Å². The summed E-state index contributed by atoms with van der Waals surface area (Å²) in [6.45, 7) is 1.38. The molecule has 0 radical (unpaired) electrons. The van der Waals surface area contributed by atoms with Crippen molar-refractivity contribution < 1.29 is 0 Å². The molecule has 2 heterocycles. The fraction of sp³-hybridized carbons (Fsp3) is 0.765. The van der Waals surface area contributed by atoms with Gasteiger partial charge in [0.2, 0.25) is 0 Å². The van der Waals surface area contributed by atoms with Crippen LogP contribution in [0.2, 0.25) is 0 Å². The Hall–Kier alpha value is -0.560. The summed E-state index contributed by atoms with van der Waals surface area (Å²) in [7, 11) is 0. The quantitative estimate of drug-likeness (QED) is 0.626. The van der Waals surface area contributed by atoms with E-state index in [4.69, 9.17) is 0 Å². The maximum absolute atomic E-state index is 2.93. The highest BCUT2D eigenvalue weighted by Crippen LogP contribution is 2.48. The summed E-state index contributed by atoms with van der Waals surface area (Å²) in [5, 5.41) is 0. The van der Waals surface area contributed by atoms with E-state index >= 15 is 0 Å². The molecule has 0 aromatic carbocycles. The van der Waals surface area contributed by atoms with E-state index in [2.05, 4.69) is 29.2 Å². The monoisotopic (exact) mass is 243 g/mol. The van der Waals surface area contributed by atoms with Gasteiger partial charge in [0.05, 0.1) is 0 Å². The van der Waals surface area contributed by atoms with Gasteiger partial charge in [-0.25, -0.2) is 0 Å². The summed E-state index contributed by atoms with van der Waals surface area (Å²) in [5.74, 6) is 2.66. The van der Waals surface area contributed by atoms with Gasteiger partial charge in [-0.05, 0) is 56.4 Å². The van der Waals surface area contributed by atoms with Crippen molar-refractivity contribution in [2.75, 3.05) is 6.54 Å². The number of hydrogen-bond donors (Lipinski definition) is 0. The number of nitrogens with zero attached hydrogens (tertiary/aromatic N) is 1. The first-order chi connectivity index (χ1) is 8.93. The molecule has 5 unspecified atom stereocenters. The van der Waals surface area contributed by atoms with Crippen molar-refractivity contribution in [3.63, 3.8) is 0 Å². The first-order valence-corrected chi connectivity index (χ1v) is 8.04. The Kier molecular flexibility index (Phi) is 2.83. The number of hydrogen-bond acceptors (Lipinski definition) is 1. The predicted octanol–water partition coefficient (Wildman–Crippen LogP) is 3.77. The van der Waals surface area contributed by atoms with Crippen LogP contribution >= 0.6 is 0 Å². The van der Waals surface area contributed by atoms with Gasteiger partial charge in [-0.1, -0.05) is 37.1 Å². The fourth-order valence-corrected chi connectivity index (χ4v) is 5.20. The van der Waals surface area contributed by atoms with E-state index in [0.29, 0.717) is 0 Å². The van der Waals surface area contributed by atoms with Gasteiger partial charge in [0, 0.05) is 12.1 Å². The van der Waals surface area contributed by atoms with Gasteiger partial charge in [-0.2, -0.15) is 0 Å². The fourth-order valence-electron chi connectivity index (χ4n) is 5.20. The molecule has 18 heavy (non-hydrogen) atoms. The van der Waals surface area contributed by atoms with Crippen LogP contribution in [0.4, 0.5) is 0 Å². The zero-order valence-corrected chi connectivity index (χ0v) is 11.3. The summed E-state index contributed by atoms with van der Waals surface area (Å²) < 4.78 is 0. The molecule has 0 aromatic rings. The van der Waals surface area contributed by atoms with E-state index in [-0.39, 0.29) is 0 Å². The molecule has 4 aliphatic rings. The zero-order valence-electron chi connectivity index (χ0n) is 11.3. The Morgan fingerprint density at radius 2 is 1.72 bits per heavy atom. The van der Waals surface area contributed by atoms with Crippen LogP contribution in [0.1, 0.15) is 44.9 Å². The minimum atomic E-state index is 0.832. The summed E-state index contributed by atoms with van der Waals surface area (Å²) in [6, 6.07) is 1.81. The number of fused-ring (bicyclic) bond motifs is 5. The molecule has 0 amide bonds. The van der Waals surface area contributed by atoms with Crippen LogP contribution in [-0.2, 0) is 0 Å². The molecule has 3 fully saturated rings. The van der Waals surface area contributed by atoms with Gasteiger partial charge < -0.3 is 0 Å². The maximum atomic E-state index is 2.93. The SMILES string of the molecule is C1=CC2CC3CCCCC4CCCN4C3C2C=C1. The molecule has 1 nitrogen and oxygen atoms in total. The van der Waals surface area contributed by atoms with Crippen LogP contribution in [0.3, 0.4) is 0 Å². The number of rotatable bonds is 0. The lowest BCUT2D eigenvalue weighted by Gasteiger charge is -2.39. The lowest BCUT2D eigenvalue weighted by atomic mass is 9.86. The molecule has 98 valence electrons. The molecule has 5 atom stereocenters. The average molecular weight is 243 g/mol. The maximum Gasteiger partial charge on any atom is 0.0195 e. The van der Waals surface area contributed by atoms with Gasteiger partial charge in [-0.3, -0.25) is 4.90 Å². The van der Waals surface area contributed by atoms with E-state index < -0.39 is 0 Å². The Morgan fingerprint density at radius 3 is 2.72 bits per heavy atom. The molecule has 4 rings (SSSR count).